The van der Waals surface area contributed by atoms with Crippen LogP contribution in [0.5, 0.6) is 11.5 Å². The summed E-state index contributed by atoms with van der Waals surface area (Å²) in [6.07, 6.45) is 1.48. The van der Waals surface area contributed by atoms with Crippen LogP contribution in [0, 0.1) is 24.0 Å². The van der Waals surface area contributed by atoms with Crippen LogP contribution < -0.4 is 14.9 Å². The molecule has 2 aromatic carbocycles. The number of nitrogens with one attached hydrogen (secondary N) is 1. The molecular formula is C19H21N3O5. The highest BCUT2D eigenvalue weighted by molar-refractivity contribution is 5.87. The molecule has 0 unspecified atom stereocenters. The fraction of sp³-hybridized carbons (Fsp3) is 0.263. The minimum Gasteiger partial charge on any atom is -0.496 e. The Labute approximate surface area is 157 Å². The molecule has 0 saturated heterocycles. The maximum absolute atomic E-state index is 12.1. The van der Waals surface area contributed by atoms with Gasteiger partial charge in [-0.05, 0) is 25.0 Å². The summed E-state index contributed by atoms with van der Waals surface area (Å²) in [5, 5.41) is 15.0. The average molecular weight is 371 g/mol. The van der Waals surface area contributed by atoms with E-state index in [4.69, 9.17) is 9.47 Å². The Bertz CT molecular complexity index is 893. The van der Waals surface area contributed by atoms with E-state index in [1.807, 2.05) is 32.0 Å². The number of benzene rings is 2. The van der Waals surface area contributed by atoms with Crippen LogP contribution in [0.2, 0.25) is 0 Å². The first kappa shape index (κ1) is 19.9. The lowest BCUT2D eigenvalue weighted by Gasteiger charge is -2.08. The fourth-order valence-electron chi connectivity index (χ4n) is 2.53. The van der Waals surface area contributed by atoms with Gasteiger partial charge in [0.2, 0.25) is 11.7 Å². The zero-order chi connectivity index (χ0) is 20.0. The average Bonchev–Trinajstić information content (AvgIpc) is 2.64. The van der Waals surface area contributed by atoms with Crippen molar-refractivity contribution in [3.63, 3.8) is 0 Å². The summed E-state index contributed by atoms with van der Waals surface area (Å²) in [7, 11) is 2.76. The first-order valence-corrected chi connectivity index (χ1v) is 8.14. The van der Waals surface area contributed by atoms with Crippen molar-refractivity contribution in [2.45, 2.75) is 20.3 Å². The van der Waals surface area contributed by atoms with E-state index in [-0.39, 0.29) is 23.8 Å². The molecule has 8 heteroatoms. The Morgan fingerprint density at radius 2 is 1.89 bits per heavy atom. The molecule has 142 valence electrons. The molecule has 0 aliphatic carbocycles. The van der Waals surface area contributed by atoms with Gasteiger partial charge in [-0.1, -0.05) is 23.8 Å². The van der Waals surface area contributed by atoms with Crippen molar-refractivity contribution in [3.8, 4) is 11.5 Å². The van der Waals surface area contributed by atoms with E-state index in [9.17, 15) is 14.9 Å². The van der Waals surface area contributed by atoms with Gasteiger partial charge in [0.05, 0.1) is 31.8 Å². The fourth-order valence-corrected chi connectivity index (χ4v) is 2.53. The molecule has 0 heterocycles. The molecule has 0 radical (unpaired) electrons. The highest BCUT2D eigenvalue weighted by atomic mass is 16.6. The minimum atomic E-state index is -0.561. The van der Waals surface area contributed by atoms with Gasteiger partial charge in [-0.25, -0.2) is 5.43 Å². The molecule has 27 heavy (non-hydrogen) atoms. The maximum atomic E-state index is 12.1. The van der Waals surface area contributed by atoms with Crippen molar-refractivity contribution in [1.82, 2.24) is 5.43 Å². The van der Waals surface area contributed by atoms with Crippen LogP contribution >= 0.6 is 0 Å². The second kappa shape index (κ2) is 8.79. The van der Waals surface area contributed by atoms with Gasteiger partial charge in [-0.15, -0.1) is 0 Å². The number of carbonyl (C=O) groups excluding carboxylic acids is 1. The summed E-state index contributed by atoms with van der Waals surface area (Å²) in [5.41, 5.74) is 5.56. The Morgan fingerprint density at radius 1 is 1.19 bits per heavy atom. The largest absolute Gasteiger partial charge is 0.496 e. The molecule has 0 aliphatic rings. The zero-order valence-corrected chi connectivity index (χ0v) is 15.6. The van der Waals surface area contributed by atoms with E-state index < -0.39 is 4.92 Å². The highest BCUT2D eigenvalue weighted by Crippen LogP contribution is 2.33. The second-order valence-corrected chi connectivity index (χ2v) is 5.92. The molecular weight excluding hydrogens is 350 g/mol. The van der Waals surface area contributed by atoms with Gasteiger partial charge >= 0.3 is 5.69 Å². The molecule has 0 saturated carbocycles. The van der Waals surface area contributed by atoms with E-state index in [0.29, 0.717) is 11.3 Å². The highest BCUT2D eigenvalue weighted by Gasteiger charge is 2.18. The molecule has 0 aromatic heterocycles. The first-order chi connectivity index (χ1) is 12.8. The van der Waals surface area contributed by atoms with Gasteiger partial charge in [0.1, 0.15) is 5.75 Å². The summed E-state index contributed by atoms with van der Waals surface area (Å²) >= 11 is 0. The standard InChI is InChI=1S/C19H21N3O5/c1-12-5-6-13(2)14(7-12)9-19(23)21-20-11-15-8-16(22(24)25)18(27-4)10-17(15)26-3/h5-8,10-11H,9H2,1-4H3,(H,21,23)/b20-11+. The van der Waals surface area contributed by atoms with Crippen molar-refractivity contribution in [2.24, 2.45) is 5.10 Å². The van der Waals surface area contributed by atoms with E-state index in [1.165, 1.54) is 32.6 Å². The molecule has 1 N–H and O–H groups in total. The molecule has 0 spiro atoms. The Morgan fingerprint density at radius 3 is 2.52 bits per heavy atom. The van der Waals surface area contributed by atoms with E-state index >= 15 is 0 Å². The number of hydrogen-bond donors (Lipinski definition) is 1. The van der Waals surface area contributed by atoms with Gasteiger partial charge in [-0.2, -0.15) is 5.10 Å². The van der Waals surface area contributed by atoms with Crippen LogP contribution in [0.3, 0.4) is 0 Å². The van der Waals surface area contributed by atoms with Crippen LogP contribution in [-0.4, -0.2) is 31.3 Å². The monoisotopic (exact) mass is 371 g/mol. The quantitative estimate of drug-likeness (QED) is 0.458. The summed E-state index contributed by atoms with van der Waals surface area (Å²) in [6, 6.07) is 8.57. The number of nitrogens with zero attached hydrogens (tertiary/aromatic N) is 2. The number of amides is 1. The van der Waals surface area contributed by atoms with Crippen molar-refractivity contribution in [2.75, 3.05) is 14.2 Å². The van der Waals surface area contributed by atoms with Crippen LogP contribution in [0.4, 0.5) is 5.69 Å². The number of nitro benzene ring substituents is 1. The lowest BCUT2D eigenvalue weighted by molar-refractivity contribution is -0.385. The normalized spacial score (nSPS) is 10.7. The lowest BCUT2D eigenvalue weighted by atomic mass is 10.0. The predicted octanol–water partition coefficient (Wildman–Crippen LogP) is 2.92. The summed E-state index contributed by atoms with van der Waals surface area (Å²) in [4.78, 5) is 22.7. The van der Waals surface area contributed by atoms with E-state index in [1.54, 1.807) is 0 Å². The van der Waals surface area contributed by atoms with Gasteiger partial charge in [0.25, 0.3) is 0 Å². The SMILES string of the molecule is COc1cc(OC)c([N+](=O)[O-])cc1/C=N/NC(=O)Cc1cc(C)ccc1C. The van der Waals surface area contributed by atoms with Crippen molar-refractivity contribution in [3.05, 3.63) is 62.7 Å². The van der Waals surface area contributed by atoms with Crippen molar-refractivity contribution >= 4 is 17.8 Å². The molecule has 0 atom stereocenters. The van der Waals surface area contributed by atoms with Gasteiger partial charge in [0, 0.05) is 17.7 Å². The number of hydrogen-bond acceptors (Lipinski definition) is 6. The Kier molecular flexibility index (Phi) is 6.48. The lowest BCUT2D eigenvalue weighted by Crippen LogP contribution is -2.20. The number of methoxy groups -OCH3 is 2. The van der Waals surface area contributed by atoms with Crippen LogP contribution in [0.25, 0.3) is 0 Å². The van der Waals surface area contributed by atoms with Gasteiger partial charge in [-0.3, -0.25) is 14.9 Å². The number of ether oxygens (including phenoxy) is 2. The van der Waals surface area contributed by atoms with Crippen LogP contribution in [0.15, 0.2) is 35.4 Å². The number of hydrazone groups is 1. The zero-order valence-electron chi connectivity index (χ0n) is 15.6. The Balaban J connectivity index is 2.15. The van der Waals surface area contributed by atoms with Crippen molar-refractivity contribution in [1.29, 1.82) is 0 Å². The molecule has 1 amide bonds. The molecule has 8 nitrogen and oxygen atoms in total. The minimum absolute atomic E-state index is 0.0768. The van der Waals surface area contributed by atoms with Gasteiger partial charge < -0.3 is 9.47 Å². The van der Waals surface area contributed by atoms with Crippen LogP contribution in [0.1, 0.15) is 22.3 Å². The number of carbonyl (C=O) groups is 1. The smallest absolute Gasteiger partial charge is 0.311 e. The number of nitro groups is 1. The molecule has 2 rings (SSSR count). The number of aryl methyl sites for hydroxylation is 2. The topological polar surface area (TPSA) is 103 Å². The molecule has 0 aliphatic heterocycles. The van der Waals surface area contributed by atoms with Crippen LogP contribution in [-0.2, 0) is 11.2 Å². The third-order valence-electron chi connectivity index (χ3n) is 3.98. The second-order valence-electron chi connectivity index (χ2n) is 5.92. The number of rotatable bonds is 7. The Hall–Kier alpha value is -3.42. The summed E-state index contributed by atoms with van der Waals surface area (Å²) in [6.45, 7) is 3.90. The molecule has 2 aromatic rings. The first-order valence-electron chi connectivity index (χ1n) is 8.14. The van der Waals surface area contributed by atoms with E-state index in [0.717, 1.165) is 16.7 Å². The third kappa shape index (κ3) is 5.04. The molecule has 0 fully saturated rings. The summed E-state index contributed by atoms with van der Waals surface area (Å²) in [5.74, 6) is 0.125. The molecule has 0 bridgehead atoms. The maximum Gasteiger partial charge on any atom is 0.311 e. The summed E-state index contributed by atoms with van der Waals surface area (Å²) < 4.78 is 10.2. The van der Waals surface area contributed by atoms with Crippen molar-refractivity contribution < 1.29 is 19.2 Å². The van der Waals surface area contributed by atoms with Gasteiger partial charge in [0.15, 0.2) is 0 Å². The van der Waals surface area contributed by atoms with E-state index in [2.05, 4.69) is 10.5 Å². The predicted molar refractivity (Wildman–Crippen MR) is 102 cm³/mol. The third-order valence-corrected chi connectivity index (χ3v) is 3.98.